The average Bonchev–Trinajstić information content (AvgIpc) is 2.52. The molecule has 0 spiro atoms. The number of halogens is 1. The predicted molar refractivity (Wildman–Crippen MR) is 96.2 cm³/mol. The van der Waals surface area contributed by atoms with Gasteiger partial charge in [0.15, 0.2) is 5.78 Å². The normalized spacial score (nSPS) is 10.9. The lowest BCUT2D eigenvalue weighted by Gasteiger charge is -2.09. The average molecular weight is 314 g/mol. The first-order chi connectivity index (χ1) is 10.1. The lowest BCUT2D eigenvalue weighted by atomic mass is 9.98. The fourth-order valence-electron chi connectivity index (χ4n) is 2.64. The highest BCUT2D eigenvalue weighted by Gasteiger charge is 2.08. The third kappa shape index (κ3) is 3.29. The minimum absolute atomic E-state index is 0. The summed E-state index contributed by atoms with van der Waals surface area (Å²) in [7, 11) is 3.97. The SMILES string of the molecule is CN(C)CCC(=O)c1ccc2ccc3ccccc3c2c1.Cl. The van der Waals surface area contributed by atoms with E-state index in [9.17, 15) is 4.79 Å². The second kappa shape index (κ2) is 6.91. The molecule has 0 heterocycles. The summed E-state index contributed by atoms with van der Waals surface area (Å²) in [5.74, 6) is 0.207. The topological polar surface area (TPSA) is 20.3 Å². The Bertz CT molecular complexity index is 811. The Balaban J connectivity index is 0.00000176. The largest absolute Gasteiger partial charge is 0.309 e. The quantitative estimate of drug-likeness (QED) is 0.520. The molecule has 22 heavy (non-hydrogen) atoms. The summed E-state index contributed by atoms with van der Waals surface area (Å²) in [5, 5.41) is 4.75. The van der Waals surface area contributed by atoms with E-state index in [1.54, 1.807) is 0 Å². The third-order valence-electron chi connectivity index (χ3n) is 3.85. The molecule has 0 atom stereocenters. The van der Waals surface area contributed by atoms with Crippen molar-refractivity contribution in [2.24, 2.45) is 0 Å². The monoisotopic (exact) mass is 313 g/mol. The molecule has 0 N–H and O–H groups in total. The van der Waals surface area contributed by atoms with Gasteiger partial charge in [0.05, 0.1) is 0 Å². The number of hydrogen-bond acceptors (Lipinski definition) is 2. The van der Waals surface area contributed by atoms with Crippen molar-refractivity contribution < 1.29 is 4.79 Å². The lowest BCUT2D eigenvalue weighted by molar-refractivity contribution is 0.0972. The van der Waals surface area contributed by atoms with Crippen LogP contribution in [0.2, 0.25) is 0 Å². The van der Waals surface area contributed by atoms with Crippen LogP contribution in [-0.2, 0) is 0 Å². The van der Waals surface area contributed by atoms with Crippen molar-refractivity contribution in [3.8, 4) is 0 Å². The number of benzene rings is 3. The molecule has 0 bridgehead atoms. The first-order valence-corrected chi connectivity index (χ1v) is 7.24. The molecule has 3 aromatic rings. The molecule has 0 aromatic heterocycles. The van der Waals surface area contributed by atoms with Gasteiger partial charge in [-0.1, -0.05) is 48.5 Å². The fourth-order valence-corrected chi connectivity index (χ4v) is 2.64. The number of nitrogens with zero attached hydrogens (tertiary/aromatic N) is 1. The molecule has 0 amide bonds. The Morgan fingerprint density at radius 2 is 1.55 bits per heavy atom. The van der Waals surface area contributed by atoms with Crippen LogP contribution in [-0.4, -0.2) is 31.3 Å². The zero-order valence-corrected chi connectivity index (χ0v) is 13.7. The molecular weight excluding hydrogens is 294 g/mol. The van der Waals surface area contributed by atoms with Gasteiger partial charge in [0, 0.05) is 18.5 Å². The molecule has 0 aliphatic carbocycles. The summed E-state index contributed by atoms with van der Waals surface area (Å²) in [6, 6.07) is 18.6. The van der Waals surface area contributed by atoms with Crippen LogP contribution in [0.25, 0.3) is 21.5 Å². The molecule has 0 aliphatic rings. The number of fused-ring (bicyclic) bond motifs is 3. The molecule has 114 valence electrons. The Hall–Kier alpha value is -1.90. The summed E-state index contributed by atoms with van der Waals surface area (Å²) in [6.45, 7) is 0.784. The van der Waals surface area contributed by atoms with Crippen LogP contribution in [0.5, 0.6) is 0 Å². The smallest absolute Gasteiger partial charge is 0.164 e. The van der Waals surface area contributed by atoms with Crippen LogP contribution in [0.3, 0.4) is 0 Å². The maximum absolute atomic E-state index is 12.3. The lowest BCUT2D eigenvalue weighted by Crippen LogP contribution is -2.16. The number of carbonyl (C=O) groups excluding carboxylic acids is 1. The van der Waals surface area contributed by atoms with Gasteiger partial charge in [-0.3, -0.25) is 4.79 Å². The van der Waals surface area contributed by atoms with E-state index >= 15 is 0 Å². The van der Waals surface area contributed by atoms with E-state index in [2.05, 4.69) is 24.3 Å². The Morgan fingerprint density at radius 3 is 2.27 bits per heavy atom. The number of ketones is 1. The van der Waals surface area contributed by atoms with Gasteiger partial charge in [-0.15, -0.1) is 12.4 Å². The van der Waals surface area contributed by atoms with Crippen LogP contribution in [0.1, 0.15) is 16.8 Å². The molecule has 3 rings (SSSR count). The number of hydrogen-bond donors (Lipinski definition) is 0. The molecule has 3 heteroatoms. The Kier molecular flexibility index (Phi) is 5.17. The van der Waals surface area contributed by atoms with Gasteiger partial charge in [-0.05, 0) is 41.7 Å². The second-order valence-corrected chi connectivity index (χ2v) is 5.70. The summed E-state index contributed by atoms with van der Waals surface area (Å²) in [5.41, 5.74) is 0.806. The van der Waals surface area contributed by atoms with Crippen molar-refractivity contribution >= 4 is 39.7 Å². The standard InChI is InChI=1S/C19H19NO.ClH/c1-20(2)12-11-19(21)16-10-9-15-8-7-14-5-3-4-6-17(14)18(15)13-16;/h3-10,13H,11-12H2,1-2H3;1H. The van der Waals surface area contributed by atoms with Gasteiger partial charge < -0.3 is 4.90 Å². The van der Waals surface area contributed by atoms with E-state index in [-0.39, 0.29) is 18.2 Å². The fraction of sp³-hybridized carbons (Fsp3) is 0.211. The van der Waals surface area contributed by atoms with E-state index in [1.807, 2.05) is 49.3 Å². The third-order valence-corrected chi connectivity index (χ3v) is 3.85. The van der Waals surface area contributed by atoms with Gasteiger partial charge in [0.1, 0.15) is 0 Å². The Labute approximate surface area is 137 Å². The highest BCUT2D eigenvalue weighted by Crippen LogP contribution is 2.26. The van der Waals surface area contributed by atoms with Gasteiger partial charge in [0.2, 0.25) is 0 Å². The summed E-state index contributed by atoms with van der Waals surface area (Å²) in [4.78, 5) is 14.3. The molecule has 0 saturated carbocycles. The summed E-state index contributed by atoms with van der Waals surface area (Å²) < 4.78 is 0. The first kappa shape index (κ1) is 16.5. The molecular formula is C19H20ClNO. The highest BCUT2D eigenvalue weighted by atomic mass is 35.5. The zero-order chi connectivity index (χ0) is 14.8. The van der Waals surface area contributed by atoms with Crippen molar-refractivity contribution in [2.75, 3.05) is 20.6 Å². The van der Waals surface area contributed by atoms with E-state index < -0.39 is 0 Å². The van der Waals surface area contributed by atoms with E-state index in [4.69, 9.17) is 0 Å². The van der Waals surface area contributed by atoms with Crippen molar-refractivity contribution in [3.63, 3.8) is 0 Å². The molecule has 0 radical (unpaired) electrons. The summed E-state index contributed by atoms with van der Waals surface area (Å²) in [6.07, 6.45) is 0.559. The van der Waals surface area contributed by atoms with E-state index in [0.29, 0.717) is 6.42 Å². The van der Waals surface area contributed by atoms with Crippen molar-refractivity contribution in [1.82, 2.24) is 4.90 Å². The van der Waals surface area contributed by atoms with Crippen LogP contribution in [0.4, 0.5) is 0 Å². The van der Waals surface area contributed by atoms with E-state index in [1.165, 1.54) is 16.2 Å². The molecule has 0 aliphatic heterocycles. The van der Waals surface area contributed by atoms with Gasteiger partial charge in [-0.25, -0.2) is 0 Å². The zero-order valence-electron chi connectivity index (χ0n) is 12.9. The number of rotatable bonds is 4. The first-order valence-electron chi connectivity index (χ1n) is 7.24. The highest BCUT2D eigenvalue weighted by molar-refractivity contribution is 6.10. The van der Waals surface area contributed by atoms with Gasteiger partial charge in [0.25, 0.3) is 0 Å². The van der Waals surface area contributed by atoms with Crippen molar-refractivity contribution in [1.29, 1.82) is 0 Å². The van der Waals surface area contributed by atoms with Crippen LogP contribution in [0.15, 0.2) is 54.6 Å². The van der Waals surface area contributed by atoms with Crippen molar-refractivity contribution in [3.05, 3.63) is 60.2 Å². The Morgan fingerprint density at radius 1 is 0.909 bits per heavy atom. The molecule has 0 fully saturated rings. The van der Waals surface area contributed by atoms with Crippen LogP contribution in [0, 0.1) is 0 Å². The van der Waals surface area contributed by atoms with E-state index in [0.717, 1.165) is 17.5 Å². The maximum atomic E-state index is 12.3. The molecule has 0 unspecified atom stereocenters. The van der Waals surface area contributed by atoms with Crippen LogP contribution < -0.4 is 0 Å². The summed E-state index contributed by atoms with van der Waals surface area (Å²) >= 11 is 0. The maximum Gasteiger partial charge on any atom is 0.164 e. The number of carbonyl (C=O) groups is 1. The van der Waals surface area contributed by atoms with Crippen molar-refractivity contribution in [2.45, 2.75) is 6.42 Å². The number of Topliss-reactive ketones (excluding diaryl/α,β-unsaturated/α-hetero) is 1. The minimum Gasteiger partial charge on any atom is -0.309 e. The van der Waals surface area contributed by atoms with Crippen LogP contribution >= 0.6 is 12.4 Å². The minimum atomic E-state index is 0. The van der Waals surface area contributed by atoms with Gasteiger partial charge >= 0.3 is 0 Å². The molecule has 0 saturated heterocycles. The molecule has 3 aromatic carbocycles. The predicted octanol–water partition coefficient (Wildman–Crippen LogP) is 4.55. The van der Waals surface area contributed by atoms with Gasteiger partial charge in [-0.2, -0.15) is 0 Å². The second-order valence-electron chi connectivity index (χ2n) is 5.70. The molecule has 2 nitrogen and oxygen atoms in total.